The van der Waals surface area contributed by atoms with Crippen LogP contribution in [0.3, 0.4) is 0 Å². The van der Waals surface area contributed by atoms with Gasteiger partial charge in [-0.3, -0.25) is 9.59 Å². The quantitative estimate of drug-likeness (QED) is 0.434. The Bertz CT molecular complexity index is 642. The molecule has 0 aliphatic carbocycles. The van der Waals surface area contributed by atoms with E-state index in [0.29, 0.717) is 31.4 Å². The molecule has 0 aliphatic rings. The number of carbonyl (C=O) groups is 2. The van der Waals surface area contributed by atoms with Crippen LogP contribution < -0.4 is 15.2 Å². The summed E-state index contributed by atoms with van der Waals surface area (Å²) < 4.78 is 26.6. The highest BCUT2D eigenvalue weighted by atomic mass is 32.2. The van der Waals surface area contributed by atoms with Crippen molar-refractivity contribution in [3.63, 3.8) is 0 Å². The molecule has 1 aromatic rings. The minimum Gasteiger partial charge on any atom is -0.480 e. The van der Waals surface area contributed by atoms with Crippen molar-refractivity contribution in [1.82, 2.24) is 5.32 Å². The average molecular weight is 344 g/mol. The van der Waals surface area contributed by atoms with Crippen LogP contribution in [0.25, 0.3) is 0 Å². The molecule has 1 atom stereocenters. The number of unbranched alkanes of at least 4 members (excludes halogenated alkanes) is 1. The Kier molecular flexibility index (Phi) is 6.98. The summed E-state index contributed by atoms with van der Waals surface area (Å²) >= 11 is 0. The smallest absolute Gasteiger partial charge is 0.320 e. The van der Waals surface area contributed by atoms with Crippen LogP contribution >= 0.6 is 0 Å². The van der Waals surface area contributed by atoms with Crippen molar-refractivity contribution in [3.8, 4) is 5.75 Å². The van der Waals surface area contributed by atoms with Gasteiger partial charge in [0.25, 0.3) is 5.91 Å². The first-order chi connectivity index (χ1) is 10.7. The SMILES string of the molecule is CS(=O)(=O)Oc1ccc(C(=O)NCCCC[C@H](N)C(=O)O)cc1. The van der Waals surface area contributed by atoms with Gasteiger partial charge in [0.05, 0.1) is 6.26 Å². The molecule has 0 heterocycles. The first kappa shape index (κ1) is 18.9. The van der Waals surface area contributed by atoms with Gasteiger partial charge in [0.15, 0.2) is 0 Å². The van der Waals surface area contributed by atoms with E-state index in [4.69, 9.17) is 10.8 Å². The monoisotopic (exact) mass is 344 g/mol. The summed E-state index contributed by atoms with van der Waals surface area (Å²) in [7, 11) is -3.60. The van der Waals surface area contributed by atoms with E-state index in [9.17, 15) is 18.0 Å². The van der Waals surface area contributed by atoms with Crippen molar-refractivity contribution in [2.75, 3.05) is 12.8 Å². The summed E-state index contributed by atoms with van der Waals surface area (Å²) in [5, 5.41) is 11.3. The van der Waals surface area contributed by atoms with Gasteiger partial charge in [-0.25, -0.2) is 0 Å². The van der Waals surface area contributed by atoms with E-state index < -0.39 is 22.1 Å². The molecule has 128 valence electrons. The molecule has 0 aliphatic heterocycles. The van der Waals surface area contributed by atoms with Gasteiger partial charge < -0.3 is 20.3 Å². The van der Waals surface area contributed by atoms with E-state index in [1.807, 2.05) is 0 Å². The standard InChI is InChI=1S/C14H20N2O6S/c1-23(20,21)22-11-7-5-10(6-8-11)13(17)16-9-3-2-4-12(15)14(18)19/h5-8,12H,2-4,9,15H2,1H3,(H,16,17)(H,18,19)/t12-/m0/s1. The molecule has 23 heavy (non-hydrogen) atoms. The Hall–Kier alpha value is -2.13. The van der Waals surface area contributed by atoms with Crippen molar-refractivity contribution >= 4 is 22.0 Å². The van der Waals surface area contributed by atoms with Crippen LogP contribution in [0.4, 0.5) is 0 Å². The Labute approximate surface area is 134 Å². The molecule has 1 rings (SSSR count). The highest BCUT2D eigenvalue weighted by Crippen LogP contribution is 2.13. The van der Waals surface area contributed by atoms with Crippen molar-refractivity contribution < 1.29 is 27.3 Å². The Morgan fingerprint density at radius 2 is 1.87 bits per heavy atom. The first-order valence-electron chi connectivity index (χ1n) is 6.95. The van der Waals surface area contributed by atoms with Gasteiger partial charge in [0.1, 0.15) is 11.8 Å². The van der Waals surface area contributed by atoms with E-state index in [2.05, 4.69) is 9.50 Å². The maximum Gasteiger partial charge on any atom is 0.320 e. The maximum atomic E-state index is 11.9. The van der Waals surface area contributed by atoms with E-state index in [0.717, 1.165) is 6.26 Å². The van der Waals surface area contributed by atoms with Gasteiger partial charge in [0, 0.05) is 12.1 Å². The zero-order valence-electron chi connectivity index (χ0n) is 12.7. The summed E-state index contributed by atoms with van der Waals surface area (Å²) in [6, 6.07) is 4.81. The molecule has 0 spiro atoms. The number of aliphatic carboxylic acids is 1. The number of amides is 1. The molecular weight excluding hydrogens is 324 g/mol. The molecule has 0 radical (unpaired) electrons. The zero-order valence-corrected chi connectivity index (χ0v) is 13.5. The maximum absolute atomic E-state index is 11.9. The summed E-state index contributed by atoms with van der Waals surface area (Å²) in [5.41, 5.74) is 5.73. The van der Waals surface area contributed by atoms with Gasteiger partial charge in [-0.1, -0.05) is 0 Å². The number of nitrogens with one attached hydrogen (secondary N) is 1. The second-order valence-corrected chi connectivity index (χ2v) is 6.58. The van der Waals surface area contributed by atoms with Crippen molar-refractivity contribution in [2.24, 2.45) is 5.73 Å². The minimum atomic E-state index is -3.60. The molecule has 0 saturated carbocycles. The number of rotatable bonds is 9. The van der Waals surface area contributed by atoms with Gasteiger partial charge in [0.2, 0.25) is 0 Å². The average Bonchev–Trinajstić information content (AvgIpc) is 2.45. The van der Waals surface area contributed by atoms with Crippen LogP contribution in [0.1, 0.15) is 29.6 Å². The van der Waals surface area contributed by atoms with Crippen LogP contribution in [-0.2, 0) is 14.9 Å². The number of hydrogen-bond donors (Lipinski definition) is 3. The highest BCUT2D eigenvalue weighted by molar-refractivity contribution is 7.86. The Balaban J connectivity index is 2.36. The van der Waals surface area contributed by atoms with E-state index in [1.54, 1.807) is 0 Å². The van der Waals surface area contributed by atoms with Crippen molar-refractivity contribution in [1.29, 1.82) is 0 Å². The summed E-state index contributed by atoms with van der Waals surface area (Å²) in [6.45, 7) is 0.396. The van der Waals surface area contributed by atoms with Crippen LogP contribution in [0.5, 0.6) is 5.75 Å². The molecule has 1 aromatic carbocycles. The summed E-state index contributed by atoms with van der Waals surface area (Å²) in [6.07, 6.45) is 2.49. The fourth-order valence-corrected chi connectivity index (χ4v) is 2.21. The molecule has 8 nitrogen and oxygen atoms in total. The van der Waals surface area contributed by atoms with Crippen molar-refractivity contribution in [2.45, 2.75) is 25.3 Å². The predicted molar refractivity (Wildman–Crippen MR) is 83.7 cm³/mol. The fourth-order valence-electron chi connectivity index (χ4n) is 1.75. The number of nitrogens with two attached hydrogens (primary N) is 1. The fraction of sp³-hybridized carbons (Fsp3) is 0.429. The normalized spacial score (nSPS) is 12.4. The minimum absolute atomic E-state index is 0.131. The van der Waals surface area contributed by atoms with Gasteiger partial charge in [-0.05, 0) is 43.5 Å². The van der Waals surface area contributed by atoms with Crippen LogP contribution in [-0.4, -0.2) is 44.2 Å². The highest BCUT2D eigenvalue weighted by Gasteiger charge is 2.11. The molecule has 4 N–H and O–H groups in total. The lowest BCUT2D eigenvalue weighted by molar-refractivity contribution is -0.138. The van der Waals surface area contributed by atoms with Gasteiger partial charge in [-0.15, -0.1) is 0 Å². The molecule has 0 aromatic heterocycles. The lowest BCUT2D eigenvalue weighted by atomic mass is 10.1. The third kappa shape index (κ3) is 7.61. The largest absolute Gasteiger partial charge is 0.480 e. The number of hydrogen-bond acceptors (Lipinski definition) is 6. The second kappa shape index (κ2) is 8.49. The molecule has 0 unspecified atom stereocenters. The molecular formula is C14H20N2O6S. The predicted octanol–water partition coefficient (Wildman–Crippen LogP) is 0.337. The Morgan fingerprint density at radius 1 is 1.26 bits per heavy atom. The molecule has 9 heteroatoms. The van der Waals surface area contributed by atoms with E-state index >= 15 is 0 Å². The second-order valence-electron chi connectivity index (χ2n) is 5.01. The molecule has 0 bridgehead atoms. The molecule has 0 saturated heterocycles. The first-order valence-corrected chi connectivity index (χ1v) is 8.77. The number of benzene rings is 1. The van der Waals surface area contributed by atoms with E-state index in [-0.39, 0.29) is 11.7 Å². The summed E-state index contributed by atoms with van der Waals surface area (Å²) in [5.74, 6) is -1.21. The van der Waals surface area contributed by atoms with Crippen LogP contribution in [0, 0.1) is 0 Å². The third-order valence-corrected chi connectivity index (χ3v) is 3.40. The number of carboxylic acid groups (broad SMARTS) is 1. The lowest BCUT2D eigenvalue weighted by Crippen LogP contribution is -2.30. The van der Waals surface area contributed by atoms with Crippen LogP contribution in [0.2, 0.25) is 0 Å². The van der Waals surface area contributed by atoms with Gasteiger partial charge in [-0.2, -0.15) is 8.42 Å². The van der Waals surface area contributed by atoms with Gasteiger partial charge >= 0.3 is 16.1 Å². The zero-order chi connectivity index (χ0) is 17.5. The Morgan fingerprint density at radius 3 is 2.39 bits per heavy atom. The van der Waals surface area contributed by atoms with Crippen molar-refractivity contribution in [3.05, 3.63) is 29.8 Å². The molecule has 1 amide bonds. The topological polar surface area (TPSA) is 136 Å². The molecule has 0 fully saturated rings. The van der Waals surface area contributed by atoms with E-state index in [1.165, 1.54) is 24.3 Å². The number of carboxylic acids is 1. The third-order valence-electron chi connectivity index (χ3n) is 2.91. The van der Waals surface area contributed by atoms with Crippen LogP contribution in [0.15, 0.2) is 24.3 Å². The number of carbonyl (C=O) groups excluding carboxylic acids is 1. The lowest BCUT2D eigenvalue weighted by Gasteiger charge is -2.08. The summed E-state index contributed by atoms with van der Waals surface area (Å²) in [4.78, 5) is 22.4.